The van der Waals surface area contributed by atoms with Gasteiger partial charge in [-0.2, -0.15) is 5.10 Å². The first-order valence-corrected chi connectivity index (χ1v) is 8.06. The molecule has 0 fully saturated rings. The third kappa shape index (κ3) is 2.87. The molecule has 0 saturated heterocycles. The molecule has 0 unspecified atom stereocenters. The molecule has 0 bridgehead atoms. The maximum absolute atomic E-state index is 12.4. The third-order valence-electron chi connectivity index (χ3n) is 4.44. The fourth-order valence-electron chi connectivity index (χ4n) is 3.23. The minimum absolute atomic E-state index is 0.0807. The highest BCUT2D eigenvalue weighted by Gasteiger charge is 2.22. The molecular formula is C17H20N4O2. The maximum Gasteiger partial charge on any atom is 0.271 e. The first-order chi connectivity index (χ1) is 11.3. The van der Waals surface area contributed by atoms with E-state index in [4.69, 9.17) is 4.74 Å². The van der Waals surface area contributed by atoms with Gasteiger partial charge in [0.05, 0.1) is 18.8 Å². The third-order valence-corrected chi connectivity index (χ3v) is 4.44. The number of ether oxygens (including phenoxy) is 1. The van der Waals surface area contributed by atoms with Crippen LogP contribution in [0, 0.1) is 0 Å². The Balaban J connectivity index is 1.43. The second-order valence-electron chi connectivity index (χ2n) is 5.94. The molecule has 0 spiro atoms. The summed E-state index contributed by atoms with van der Waals surface area (Å²) in [4.78, 5) is 12.4. The van der Waals surface area contributed by atoms with Crippen LogP contribution in [0.4, 0.5) is 0 Å². The van der Waals surface area contributed by atoms with Gasteiger partial charge in [-0.25, -0.2) is 0 Å². The number of hydrogen-bond acceptors (Lipinski definition) is 4. The number of benzene rings is 1. The summed E-state index contributed by atoms with van der Waals surface area (Å²) < 4.78 is 7.72. The lowest BCUT2D eigenvalue weighted by atomic mass is 9.97. The van der Waals surface area contributed by atoms with Crippen LogP contribution >= 0.6 is 0 Å². The van der Waals surface area contributed by atoms with Gasteiger partial charge in [-0.05, 0) is 23.6 Å². The highest BCUT2D eigenvalue weighted by molar-refractivity contribution is 5.92. The molecule has 2 aliphatic rings. The average Bonchev–Trinajstić information content (AvgIpc) is 3.04. The van der Waals surface area contributed by atoms with Crippen LogP contribution in [0.1, 0.15) is 33.4 Å². The minimum Gasteiger partial charge on any atom is -0.371 e. The summed E-state index contributed by atoms with van der Waals surface area (Å²) in [6, 6.07) is 10.1. The number of nitrogens with one attached hydrogen (secondary N) is 2. The Labute approximate surface area is 134 Å². The summed E-state index contributed by atoms with van der Waals surface area (Å²) in [5.74, 6) is -0.140. The average molecular weight is 312 g/mol. The molecule has 0 aliphatic carbocycles. The van der Waals surface area contributed by atoms with Gasteiger partial charge in [0.2, 0.25) is 0 Å². The Bertz CT molecular complexity index is 702. The molecule has 1 aromatic carbocycles. The molecular weight excluding hydrogens is 292 g/mol. The second-order valence-corrected chi connectivity index (χ2v) is 5.94. The van der Waals surface area contributed by atoms with E-state index in [0.717, 1.165) is 31.7 Å². The first-order valence-electron chi connectivity index (χ1n) is 8.06. The number of carbonyl (C=O) groups is 1. The molecule has 1 amide bonds. The molecule has 2 aromatic rings. The fraction of sp³-hybridized carbons (Fsp3) is 0.412. The summed E-state index contributed by atoms with van der Waals surface area (Å²) in [5.41, 5.74) is 4.02. The summed E-state index contributed by atoms with van der Waals surface area (Å²) >= 11 is 0. The predicted molar refractivity (Wildman–Crippen MR) is 85.1 cm³/mol. The number of carbonyl (C=O) groups excluding carboxylic acids is 1. The standard InChI is InChI=1S/C17H20N4O2/c22-17(15-9-13-10-18-6-7-21(13)20-15)19-11-16-14-4-2-1-3-12(14)5-8-23-16/h1-4,9,16,18H,5-8,10-11H2,(H,19,22)/t16-/m1/s1. The Morgan fingerprint density at radius 2 is 2.35 bits per heavy atom. The lowest BCUT2D eigenvalue weighted by Crippen LogP contribution is -2.32. The Kier molecular flexibility index (Phi) is 3.85. The molecule has 0 saturated carbocycles. The Hall–Kier alpha value is -2.18. The number of fused-ring (bicyclic) bond motifs is 2. The van der Waals surface area contributed by atoms with E-state index < -0.39 is 0 Å². The highest BCUT2D eigenvalue weighted by atomic mass is 16.5. The lowest BCUT2D eigenvalue weighted by Gasteiger charge is -2.26. The molecule has 1 atom stereocenters. The monoisotopic (exact) mass is 312 g/mol. The molecule has 120 valence electrons. The second kappa shape index (κ2) is 6.14. The van der Waals surface area contributed by atoms with Gasteiger partial charge in [-0.3, -0.25) is 9.48 Å². The van der Waals surface area contributed by atoms with Gasteiger partial charge in [0.25, 0.3) is 5.91 Å². The quantitative estimate of drug-likeness (QED) is 0.888. The summed E-state index contributed by atoms with van der Waals surface area (Å²) in [6.07, 6.45) is 0.851. The molecule has 3 heterocycles. The van der Waals surface area contributed by atoms with Gasteiger partial charge in [-0.1, -0.05) is 24.3 Å². The molecule has 4 rings (SSSR count). The van der Waals surface area contributed by atoms with Crippen molar-refractivity contribution in [1.82, 2.24) is 20.4 Å². The van der Waals surface area contributed by atoms with Crippen molar-refractivity contribution in [3.63, 3.8) is 0 Å². The fourth-order valence-corrected chi connectivity index (χ4v) is 3.23. The van der Waals surface area contributed by atoms with E-state index >= 15 is 0 Å². The van der Waals surface area contributed by atoms with Gasteiger partial charge < -0.3 is 15.4 Å². The Morgan fingerprint density at radius 3 is 3.26 bits per heavy atom. The molecule has 23 heavy (non-hydrogen) atoms. The number of amides is 1. The first kappa shape index (κ1) is 14.4. The van der Waals surface area contributed by atoms with Crippen LogP contribution in [0.25, 0.3) is 0 Å². The number of nitrogens with zero attached hydrogens (tertiary/aromatic N) is 2. The molecule has 6 nitrogen and oxygen atoms in total. The van der Waals surface area contributed by atoms with E-state index in [0.29, 0.717) is 18.8 Å². The van der Waals surface area contributed by atoms with Crippen LogP contribution in [0.2, 0.25) is 0 Å². The van der Waals surface area contributed by atoms with E-state index in [2.05, 4.69) is 27.9 Å². The van der Waals surface area contributed by atoms with Crippen molar-refractivity contribution in [2.45, 2.75) is 25.6 Å². The van der Waals surface area contributed by atoms with Crippen molar-refractivity contribution in [2.75, 3.05) is 19.7 Å². The zero-order valence-electron chi connectivity index (χ0n) is 12.9. The van der Waals surface area contributed by atoms with Crippen LogP contribution < -0.4 is 10.6 Å². The zero-order chi connectivity index (χ0) is 15.6. The molecule has 2 N–H and O–H groups in total. The maximum atomic E-state index is 12.4. The van der Waals surface area contributed by atoms with Crippen molar-refractivity contribution in [3.05, 3.63) is 52.8 Å². The van der Waals surface area contributed by atoms with Crippen molar-refractivity contribution in [3.8, 4) is 0 Å². The normalized spacial score (nSPS) is 19.7. The smallest absolute Gasteiger partial charge is 0.271 e. The van der Waals surface area contributed by atoms with Crippen LogP contribution in [-0.2, 0) is 24.2 Å². The van der Waals surface area contributed by atoms with E-state index in [1.807, 2.05) is 22.9 Å². The van der Waals surface area contributed by atoms with Gasteiger partial charge in [0.15, 0.2) is 0 Å². The summed E-state index contributed by atoms with van der Waals surface area (Å²) in [7, 11) is 0. The summed E-state index contributed by atoms with van der Waals surface area (Å²) in [6.45, 7) is 3.63. The van der Waals surface area contributed by atoms with Crippen LogP contribution in [-0.4, -0.2) is 35.4 Å². The van der Waals surface area contributed by atoms with Crippen LogP contribution in [0.5, 0.6) is 0 Å². The number of rotatable bonds is 3. The van der Waals surface area contributed by atoms with E-state index in [9.17, 15) is 4.79 Å². The van der Waals surface area contributed by atoms with Crippen molar-refractivity contribution in [1.29, 1.82) is 0 Å². The van der Waals surface area contributed by atoms with E-state index in [1.54, 1.807) is 0 Å². The molecule has 1 aromatic heterocycles. The zero-order valence-corrected chi connectivity index (χ0v) is 12.9. The van der Waals surface area contributed by atoms with Crippen LogP contribution in [0.15, 0.2) is 30.3 Å². The van der Waals surface area contributed by atoms with E-state index in [1.165, 1.54) is 11.1 Å². The SMILES string of the molecule is O=C(NC[C@H]1OCCc2ccccc21)c1cc2n(n1)CCNC2. The molecule has 0 radical (unpaired) electrons. The van der Waals surface area contributed by atoms with Crippen molar-refractivity contribution in [2.24, 2.45) is 0 Å². The highest BCUT2D eigenvalue weighted by Crippen LogP contribution is 2.26. The predicted octanol–water partition coefficient (Wildman–Crippen LogP) is 1.03. The molecule has 6 heteroatoms. The van der Waals surface area contributed by atoms with Gasteiger partial charge in [-0.15, -0.1) is 0 Å². The minimum atomic E-state index is -0.140. The van der Waals surface area contributed by atoms with Gasteiger partial charge in [0.1, 0.15) is 11.8 Å². The number of aromatic nitrogens is 2. The van der Waals surface area contributed by atoms with Crippen molar-refractivity contribution < 1.29 is 9.53 Å². The van der Waals surface area contributed by atoms with Gasteiger partial charge in [0, 0.05) is 19.6 Å². The van der Waals surface area contributed by atoms with Gasteiger partial charge >= 0.3 is 0 Å². The largest absolute Gasteiger partial charge is 0.371 e. The van der Waals surface area contributed by atoms with Crippen molar-refractivity contribution >= 4 is 5.91 Å². The number of hydrogen-bond donors (Lipinski definition) is 2. The van der Waals surface area contributed by atoms with E-state index in [-0.39, 0.29) is 12.0 Å². The topological polar surface area (TPSA) is 68.2 Å². The lowest BCUT2D eigenvalue weighted by molar-refractivity contribution is 0.0411. The van der Waals surface area contributed by atoms with Crippen LogP contribution in [0.3, 0.4) is 0 Å². The summed E-state index contributed by atoms with van der Waals surface area (Å²) in [5, 5.41) is 10.6. The Morgan fingerprint density at radius 1 is 1.43 bits per heavy atom. The molecule has 2 aliphatic heterocycles.